The van der Waals surface area contributed by atoms with Gasteiger partial charge in [0.05, 0.1) is 4.90 Å². The van der Waals surface area contributed by atoms with Crippen LogP contribution in [0.2, 0.25) is 0 Å². The zero-order valence-electron chi connectivity index (χ0n) is 18.2. The summed E-state index contributed by atoms with van der Waals surface area (Å²) in [5, 5.41) is 0. The van der Waals surface area contributed by atoms with Crippen LogP contribution in [0, 0.1) is 0 Å². The number of sulfonamides is 1. The Bertz CT molecular complexity index is 1040. The maximum atomic E-state index is 13.0. The number of hydrogen-bond donors (Lipinski definition) is 0. The van der Waals surface area contributed by atoms with E-state index in [1.54, 1.807) is 17.0 Å². The number of carbonyl (C=O) groups is 2. The molecule has 7 nitrogen and oxygen atoms in total. The van der Waals surface area contributed by atoms with E-state index >= 15 is 0 Å². The highest BCUT2D eigenvalue weighted by molar-refractivity contribution is 7.89. The van der Waals surface area contributed by atoms with Crippen LogP contribution in [-0.4, -0.2) is 69.1 Å². The van der Waals surface area contributed by atoms with Crippen LogP contribution >= 0.6 is 0 Å². The molecule has 0 radical (unpaired) electrons. The average molecular weight is 444 g/mol. The third kappa shape index (κ3) is 5.14. The molecule has 31 heavy (non-hydrogen) atoms. The van der Waals surface area contributed by atoms with Gasteiger partial charge in [0.15, 0.2) is 5.78 Å². The van der Waals surface area contributed by atoms with Gasteiger partial charge in [-0.2, -0.15) is 4.31 Å². The van der Waals surface area contributed by atoms with E-state index in [2.05, 4.69) is 11.8 Å². The molecule has 1 aliphatic rings. The topological polar surface area (TPSA) is 78.0 Å². The largest absolute Gasteiger partial charge is 0.375 e. The van der Waals surface area contributed by atoms with Gasteiger partial charge in [-0.05, 0) is 49.7 Å². The minimum atomic E-state index is -3.71. The summed E-state index contributed by atoms with van der Waals surface area (Å²) < 4.78 is 27.3. The van der Waals surface area contributed by atoms with Gasteiger partial charge in [0, 0.05) is 56.6 Å². The van der Waals surface area contributed by atoms with Crippen molar-refractivity contribution < 1.29 is 18.0 Å². The number of carbonyl (C=O) groups excluding carboxylic acids is 2. The molecule has 1 amide bonds. The summed E-state index contributed by atoms with van der Waals surface area (Å²) in [6, 6.07) is 13.6. The van der Waals surface area contributed by atoms with Crippen molar-refractivity contribution in [2.75, 3.05) is 44.7 Å². The lowest BCUT2D eigenvalue weighted by molar-refractivity contribution is 0.0697. The van der Waals surface area contributed by atoms with Crippen molar-refractivity contribution in [1.29, 1.82) is 0 Å². The van der Waals surface area contributed by atoms with Gasteiger partial charge in [0.1, 0.15) is 0 Å². The Hall–Kier alpha value is -2.71. The van der Waals surface area contributed by atoms with Crippen LogP contribution in [0.4, 0.5) is 5.69 Å². The van der Waals surface area contributed by atoms with Crippen molar-refractivity contribution in [1.82, 2.24) is 9.21 Å². The Labute approximate surface area is 184 Å². The number of piperazine rings is 1. The fourth-order valence-corrected chi connectivity index (χ4v) is 5.13. The van der Waals surface area contributed by atoms with E-state index < -0.39 is 10.0 Å². The van der Waals surface area contributed by atoms with Crippen molar-refractivity contribution in [2.24, 2.45) is 0 Å². The molecular weight excluding hydrogens is 414 g/mol. The van der Waals surface area contributed by atoms with Crippen molar-refractivity contribution in [2.45, 2.75) is 25.2 Å². The van der Waals surface area contributed by atoms with Crippen molar-refractivity contribution in [3.63, 3.8) is 0 Å². The smallest absolute Gasteiger partial charge is 0.253 e. The second-order valence-electron chi connectivity index (χ2n) is 7.75. The number of hydrogen-bond acceptors (Lipinski definition) is 5. The SMILES string of the molecule is CCCN(C)c1ccc(C(=O)N2CCN(S(=O)(=O)c3cccc(C(C)=O)c3)CC2)cc1. The summed E-state index contributed by atoms with van der Waals surface area (Å²) in [5.41, 5.74) is 2.02. The third-order valence-electron chi connectivity index (χ3n) is 5.52. The Morgan fingerprint density at radius 1 is 0.968 bits per heavy atom. The Kier molecular flexibility index (Phi) is 7.12. The minimum Gasteiger partial charge on any atom is -0.375 e. The molecule has 2 aromatic rings. The van der Waals surface area contributed by atoms with Crippen LogP contribution in [0.25, 0.3) is 0 Å². The van der Waals surface area contributed by atoms with Crippen LogP contribution in [0.1, 0.15) is 41.0 Å². The maximum Gasteiger partial charge on any atom is 0.253 e. The highest BCUT2D eigenvalue weighted by Gasteiger charge is 2.30. The molecule has 2 aromatic carbocycles. The van der Waals surface area contributed by atoms with Gasteiger partial charge in [-0.25, -0.2) is 8.42 Å². The van der Waals surface area contributed by atoms with Gasteiger partial charge < -0.3 is 9.80 Å². The molecular formula is C23H29N3O4S. The molecule has 3 rings (SSSR count). The first-order valence-electron chi connectivity index (χ1n) is 10.5. The normalized spacial score (nSPS) is 15.0. The Morgan fingerprint density at radius 3 is 2.19 bits per heavy atom. The first-order chi connectivity index (χ1) is 14.7. The van der Waals surface area contributed by atoms with E-state index in [-0.39, 0.29) is 29.7 Å². The molecule has 0 unspecified atom stereocenters. The molecule has 0 saturated carbocycles. The van der Waals surface area contributed by atoms with E-state index in [0.717, 1.165) is 18.7 Å². The standard InChI is InChI=1S/C23H29N3O4S/c1-4-12-24(3)21-10-8-19(9-11-21)23(28)25-13-15-26(16-14-25)31(29,30)22-7-5-6-20(17-22)18(2)27/h5-11,17H,4,12-16H2,1-3H3. The number of Topliss-reactive ketones (excluding diaryl/α,β-unsaturated/α-hetero) is 1. The summed E-state index contributed by atoms with van der Waals surface area (Å²) in [4.78, 5) is 28.4. The predicted molar refractivity (Wildman–Crippen MR) is 121 cm³/mol. The highest BCUT2D eigenvalue weighted by atomic mass is 32.2. The number of benzene rings is 2. The molecule has 1 heterocycles. The molecule has 1 saturated heterocycles. The lowest BCUT2D eigenvalue weighted by Gasteiger charge is -2.34. The van der Waals surface area contributed by atoms with Crippen molar-refractivity contribution in [3.05, 3.63) is 59.7 Å². The molecule has 0 N–H and O–H groups in total. The molecule has 8 heteroatoms. The van der Waals surface area contributed by atoms with Crippen LogP contribution in [-0.2, 0) is 10.0 Å². The zero-order valence-corrected chi connectivity index (χ0v) is 19.1. The van der Waals surface area contributed by atoms with Crippen molar-refractivity contribution in [3.8, 4) is 0 Å². The zero-order chi connectivity index (χ0) is 22.6. The fraction of sp³-hybridized carbons (Fsp3) is 0.391. The number of ketones is 1. The number of amides is 1. The third-order valence-corrected chi connectivity index (χ3v) is 7.41. The van der Waals surface area contributed by atoms with E-state index in [1.165, 1.54) is 23.4 Å². The van der Waals surface area contributed by atoms with Gasteiger partial charge in [-0.3, -0.25) is 9.59 Å². The molecule has 1 fully saturated rings. The van der Waals surface area contributed by atoms with Crippen LogP contribution in [0.15, 0.2) is 53.4 Å². The summed E-state index contributed by atoms with van der Waals surface area (Å²) in [5.74, 6) is -0.278. The minimum absolute atomic E-state index is 0.0969. The molecule has 0 aromatic heterocycles. The van der Waals surface area contributed by atoms with E-state index in [0.29, 0.717) is 24.2 Å². The van der Waals surface area contributed by atoms with E-state index in [9.17, 15) is 18.0 Å². The number of rotatable bonds is 7. The summed E-state index contributed by atoms with van der Waals surface area (Å²) in [6.45, 7) is 5.55. The van der Waals surface area contributed by atoms with Gasteiger partial charge >= 0.3 is 0 Å². The fourth-order valence-electron chi connectivity index (χ4n) is 3.66. The second-order valence-corrected chi connectivity index (χ2v) is 9.69. The number of nitrogens with zero attached hydrogens (tertiary/aromatic N) is 3. The Morgan fingerprint density at radius 2 is 1.61 bits per heavy atom. The average Bonchev–Trinajstić information content (AvgIpc) is 2.79. The quantitative estimate of drug-likeness (QED) is 0.615. The van der Waals surface area contributed by atoms with Crippen molar-refractivity contribution >= 4 is 27.4 Å². The molecule has 0 atom stereocenters. The maximum absolute atomic E-state index is 13.0. The summed E-state index contributed by atoms with van der Waals surface area (Å²) >= 11 is 0. The lowest BCUT2D eigenvalue weighted by atomic mass is 10.1. The van der Waals surface area contributed by atoms with E-state index in [1.807, 2.05) is 31.3 Å². The van der Waals surface area contributed by atoms with Gasteiger partial charge in [-0.15, -0.1) is 0 Å². The second kappa shape index (κ2) is 9.62. The van der Waals surface area contributed by atoms with Crippen LogP contribution < -0.4 is 4.90 Å². The highest BCUT2D eigenvalue weighted by Crippen LogP contribution is 2.21. The molecule has 166 valence electrons. The summed E-state index contributed by atoms with van der Waals surface area (Å²) in [7, 11) is -1.69. The van der Waals surface area contributed by atoms with Crippen LogP contribution in [0.3, 0.4) is 0 Å². The molecule has 0 aliphatic carbocycles. The first kappa shape index (κ1) is 23.0. The Balaban J connectivity index is 1.65. The predicted octanol–water partition coefficient (Wildman–Crippen LogP) is 2.88. The van der Waals surface area contributed by atoms with Gasteiger partial charge in [0.25, 0.3) is 5.91 Å². The molecule has 0 bridgehead atoms. The van der Waals surface area contributed by atoms with E-state index in [4.69, 9.17) is 0 Å². The van der Waals surface area contributed by atoms with Gasteiger partial charge in [-0.1, -0.05) is 19.1 Å². The van der Waals surface area contributed by atoms with Crippen LogP contribution in [0.5, 0.6) is 0 Å². The number of anilines is 1. The molecule has 0 spiro atoms. The van der Waals surface area contributed by atoms with Gasteiger partial charge in [0.2, 0.25) is 10.0 Å². The monoisotopic (exact) mass is 443 g/mol. The molecule has 1 aliphatic heterocycles. The summed E-state index contributed by atoms with van der Waals surface area (Å²) in [6.07, 6.45) is 1.05. The first-order valence-corrected chi connectivity index (χ1v) is 11.9. The lowest BCUT2D eigenvalue weighted by Crippen LogP contribution is -2.50.